The largest absolute Gasteiger partial charge is 0.307 e. The van der Waals surface area contributed by atoms with Crippen LogP contribution in [-0.2, 0) is 0 Å². The van der Waals surface area contributed by atoms with Crippen molar-refractivity contribution in [1.29, 1.82) is 0 Å². The third kappa shape index (κ3) is 4.48. The minimum absolute atomic E-state index is 0.470. The van der Waals surface area contributed by atoms with Gasteiger partial charge in [0.15, 0.2) is 0 Å². The van der Waals surface area contributed by atoms with E-state index >= 15 is 0 Å². The van der Waals surface area contributed by atoms with Crippen molar-refractivity contribution in [2.45, 2.75) is 45.3 Å². The van der Waals surface area contributed by atoms with E-state index in [-0.39, 0.29) is 0 Å². The summed E-state index contributed by atoms with van der Waals surface area (Å²) in [7, 11) is 0. The summed E-state index contributed by atoms with van der Waals surface area (Å²) in [5, 5.41) is 3.76. The molecule has 2 nitrogen and oxygen atoms in total. The number of piperazine rings is 1. The third-order valence-corrected chi connectivity index (χ3v) is 5.31. The summed E-state index contributed by atoms with van der Waals surface area (Å²) in [4.78, 5) is 2.75. The predicted octanol–water partition coefficient (Wildman–Crippen LogP) is 3.80. The van der Waals surface area contributed by atoms with Crippen LogP contribution in [0.25, 0.3) is 0 Å². The molecule has 1 aliphatic heterocycles. The Morgan fingerprint density at radius 1 is 1.24 bits per heavy atom. The fourth-order valence-electron chi connectivity index (χ4n) is 3.28. The number of benzene rings is 1. The molecule has 1 heterocycles. The van der Waals surface area contributed by atoms with Crippen LogP contribution < -0.4 is 5.32 Å². The maximum atomic E-state index is 3.76. The Hall–Kier alpha value is -0.510. The van der Waals surface area contributed by atoms with E-state index < -0.39 is 0 Å². The lowest BCUT2D eigenvalue weighted by molar-refractivity contribution is 0.0610. The molecule has 0 bridgehead atoms. The van der Waals surface area contributed by atoms with Crippen molar-refractivity contribution in [2.75, 3.05) is 25.1 Å². The molecule has 3 atom stereocenters. The molecule has 0 amide bonds. The highest BCUT2D eigenvalue weighted by Gasteiger charge is 2.32. The van der Waals surface area contributed by atoms with Crippen molar-refractivity contribution in [1.82, 2.24) is 10.2 Å². The minimum Gasteiger partial charge on any atom is -0.307 e. The molecular weight excluding hydrogens is 276 g/mol. The molecule has 0 spiro atoms. The van der Waals surface area contributed by atoms with Crippen LogP contribution in [0.3, 0.4) is 0 Å². The smallest absolute Gasteiger partial charge is 0.0450 e. The van der Waals surface area contributed by atoms with Gasteiger partial charge in [-0.2, -0.15) is 11.8 Å². The molecule has 0 aromatic heterocycles. The fourth-order valence-corrected chi connectivity index (χ4v) is 3.86. The molecule has 1 aliphatic rings. The molecule has 0 saturated carbocycles. The van der Waals surface area contributed by atoms with E-state index in [9.17, 15) is 0 Å². The van der Waals surface area contributed by atoms with Crippen LogP contribution >= 0.6 is 11.8 Å². The summed E-state index contributed by atoms with van der Waals surface area (Å²) in [6.45, 7) is 9.33. The molecule has 118 valence electrons. The fraction of sp³-hybridized carbons (Fsp3) is 0.667. The Kier molecular flexibility index (Phi) is 6.59. The van der Waals surface area contributed by atoms with E-state index in [2.05, 4.69) is 67.6 Å². The maximum Gasteiger partial charge on any atom is 0.0450 e. The van der Waals surface area contributed by atoms with Gasteiger partial charge in [-0.25, -0.2) is 0 Å². The average Bonchev–Trinajstić information content (AvgIpc) is 2.52. The van der Waals surface area contributed by atoms with Crippen LogP contribution in [0, 0.1) is 5.92 Å². The molecule has 0 aliphatic carbocycles. The Bertz CT molecular complexity index is 407. The number of hydrogen-bond acceptors (Lipinski definition) is 3. The van der Waals surface area contributed by atoms with Gasteiger partial charge in [0.25, 0.3) is 0 Å². The molecule has 1 aromatic rings. The van der Waals surface area contributed by atoms with Crippen LogP contribution in [0.2, 0.25) is 0 Å². The van der Waals surface area contributed by atoms with Crippen molar-refractivity contribution >= 4 is 11.8 Å². The summed E-state index contributed by atoms with van der Waals surface area (Å²) in [6, 6.07) is 12.7. The maximum absolute atomic E-state index is 3.76. The zero-order valence-electron chi connectivity index (χ0n) is 13.9. The standard InChI is InChI=1S/C18H30N2S/c1-14(2)18-12-19-17(16-8-6-5-7-9-16)13-20(18)15(3)10-11-21-4/h5-9,14-15,17-19H,10-13H2,1-4H3. The summed E-state index contributed by atoms with van der Waals surface area (Å²) in [5.74, 6) is 1.96. The van der Waals surface area contributed by atoms with Gasteiger partial charge in [0, 0.05) is 31.2 Å². The summed E-state index contributed by atoms with van der Waals surface area (Å²) < 4.78 is 0. The second-order valence-corrected chi connectivity index (χ2v) is 7.50. The monoisotopic (exact) mass is 306 g/mol. The van der Waals surface area contributed by atoms with Crippen LogP contribution in [0.15, 0.2) is 30.3 Å². The van der Waals surface area contributed by atoms with Gasteiger partial charge in [0.2, 0.25) is 0 Å². The molecule has 1 saturated heterocycles. The molecule has 1 aromatic carbocycles. The first kappa shape index (κ1) is 16.9. The van der Waals surface area contributed by atoms with E-state index in [0.717, 1.165) is 13.1 Å². The highest BCUT2D eigenvalue weighted by molar-refractivity contribution is 7.98. The van der Waals surface area contributed by atoms with Gasteiger partial charge < -0.3 is 5.32 Å². The molecule has 1 fully saturated rings. The number of thioether (sulfide) groups is 1. The van der Waals surface area contributed by atoms with Gasteiger partial charge >= 0.3 is 0 Å². The normalized spacial score (nSPS) is 25.2. The molecule has 0 radical (unpaired) electrons. The van der Waals surface area contributed by atoms with Crippen molar-refractivity contribution < 1.29 is 0 Å². The predicted molar refractivity (Wildman–Crippen MR) is 95.0 cm³/mol. The second-order valence-electron chi connectivity index (χ2n) is 6.51. The first-order valence-electron chi connectivity index (χ1n) is 8.16. The van der Waals surface area contributed by atoms with Gasteiger partial charge in [-0.05, 0) is 36.8 Å². The van der Waals surface area contributed by atoms with Gasteiger partial charge in [-0.3, -0.25) is 4.90 Å². The number of hydrogen-bond donors (Lipinski definition) is 1. The van der Waals surface area contributed by atoms with Crippen molar-refractivity contribution in [3.63, 3.8) is 0 Å². The van der Waals surface area contributed by atoms with Gasteiger partial charge in [-0.1, -0.05) is 44.2 Å². The Balaban J connectivity index is 2.08. The first-order chi connectivity index (χ1) is 10.1. The summed E-state index contributed by atoms with van der Waals surface area (Å²) in [6.07, 6.45) is 3.49. The second kappa shape index (κ2) is 8.21. The Labute approximate surface area is 134 Å². The molecule has 3 unspecified atom stereocenters. The van der Waals surface area contributed by atoms with Crippen LogP contribution in [0.5, 0.6) is 0 Å². The van der Waals surface area contributed by atoms with Crippen LogP contribution in [0.4, 0.5) is 0 Å². The van der Waals surface area contributed by atoms with E-state index in [4.69, 9.17) is 0 Å². The van der Waals surface area contributed by atoms with Crippen LogP contribution in [0.1, 0.15) is 38.8 Å². The lowest BCUT2D eigenvalue weighted by Gasteiger charge is -2.45. The highest BCUT2D eigenvalue weighted by Crippen LogP contribution is 2.26. The first-order valence-corrected chi connectivity index (χ1v) is 9.56. The van der Waals surface area contributed by atoms with Gasteiger partial charge in [0.1, 0.15) is 0 Å². The van der Waals surface area contributed by atoms with E-state index in [1.807, 2.05) is 11.8 Å². The number of nitrogens with one attached hydrogen (secondary N) is 1. The zero-order valence-corrected chi connectivity index (χ0v) is 14.7. The summed E-state index contributed by atoms with van der Waals surface area (Å²) in [5.41, 5.74) is 1.42. The minimum atomic E-state index is 0.470. The Morgan fingerprint density at radius 3 is 2.57 bits per heavy atom. The number of rotatable bonds is 6. The topological polar surface area (TPSA) is 15.3 Å². The van der Waals surface area contributed by atoms with Gasteiger partial charge in [0.05, 0.1) is 0 Å². The Morgan fingerprint density at radius 2 is 1.95 bits per heavy atom. The quantitative estimate of drug-likeness (QED) is 0.860. The third-order valence-electron chi connectivity index (χ3n) is 4.67. The summed E-state index contributed by atoms with van der Waals surface area (Å²) >= 11 is 1.96. The lowest BCUT2D eigenvalue weighted by atomic mass is 9.93. The van der Waals surface area contributed by atoms with E-state index in [0.29, 0.717) is 24.0 Å². The van der Waals surface area contributed by atoms with Gasteiger partial charge in [-0.15, -0.1) is 0 Å². The molecule has 3 heteroatoms. The number of nitrogens with zero attached hydrogens (tertiary/aromatic N) is 1. The van der Waals surface area contributed by atoms with E-state index in [1.165, 1.54) is 17.7 Å². The van der Waals surface area contributed by atoms with Crippen molar-refractivity contribution in [3.05, 3.63) is 35.9 Å². The van der Waals surface area contributed by atoms with Crippen LogP contribution in [-0.4, -0.2) is 42.1 Å². The van der Waals surface area contributed by atoms with Crippen molar-refractivity contribution in [3.8, 4) is 0 Å². The molecule has 21 heavy (non-hydrogen) atoms. The highest BCUT2D eigenvalue weighted by atomic mass is 32.2. The molecular formula is C18H30N2S. The lowest BCUT2D eigenvalue weighted by Crippen LogP contribution is -2.57. The zero-order chi connectivity index (χ0) is 15.2. The molecule has 1 N–H and O–H groups in total. The van der Waals surface area contributed by atoms with E-state index in [1.54, 1.807) is 0 Å². The average molecular weight is 307 g/mol. The SMILES string of the molecule is CSCCC(C)N1CC(c2ccccc2)NCC1C(C)C. The van der Waals surface area contributed by atoms with Crippen molar-refractivity contribution in [2.24, 2.45) is 5.92 Å². The molecule has 2 rings (SSSR count).